The number of aliphatic carboxylic acids is 4. The van der Waals surface area contributed by atoms with Gasteiger partial charge in [0.2, 0.25) is 0 Å². The SMILES string of the molecule is CCCCC(CC(C(=O)O)(C(=O)O)C(C)C)C(C(=O)O)(C(=O)O)C(C)C. The third-order valence-corrected chi connectivity index (χ3v) is 5.49. The van der Waals surface area contributed by atoms with E-state index in [9.17, 15) is 39.6 Å². The van der Waals surface area contributed by atoms with Crippen LogP contribution in [0.3, 0.4) is 0 Å². The maximum Gasteiger partial charge on any atom is 0.321 e. The van der Waals surface area contributed by atoms with Gasteiger partial charge in [-0.3, -0.25) is 19.2 Å². The van der Waals surface area contributed by atoms with Crippen molar-refractivity contribution in [3.05, 3.63) is 0 Å². The highest BCUT2D eigenvalue weighted by Gasteiger charge is 2.60. The molecule has 1 atom stereocenters. The van der Waals surface area contributed by atoms with Crippen molar-refractivity contribution >= 4 is 23.9 Å². The second kappa shape index (κ2) is 9.00. The first-order valence-electron chi connectivity index (χ1n) is 8.76. The van der Waals surface area contributed by atoms with Gasteiger partial charge in [-0.2, -0.15) is 0 Å². The van der Waals surface area contributed by atoms with Crippen molar-refractivity contribution < 1.29 is 39.6 Å². The number of hydrogen-bond acceptors (Lipinski definition) is 4. The average molecular weight is 374 g/mol. The molecule has 26 heavy (non-hydrogen) atoms. The minimum atomic E-state index is -2.26. The van der Waals surface area contributed by atoms with Crippen LogP contribution in [0.25, 0.3) is 0 Å². The average Bonchev–Trinajstić information content (AvgIpc) is 2.47. The first-order valence-corrected chi connectivity index (χ1v) is 8.76. The smallest absolute Gasteiger partial charge is 0.321 e. The van der Waals surface area contributed by atoms with Gasteiger partial charge in [-0.25, -0.2) is 0 Å². The van der Waals surface area contributed by atoms with E-state index < -0.39 is 58.9 Å². The van der Waals surface area contributed by atoms with Gasteiger partial charge in [-0.15, -0.1) is 0 Å². The molecule has 0 radical (unpaired) electrons. The monoisotopic (exact) mass is 374 g/mol. The fourth-order valence-electron chi connectivity index (χ4n) is 3.73. The van der Waals surface area contributed by atoms with E-state index >= 15 is 0 Å². The standard InChI is InChI=1S/C18H30O8/c1-6-7-8-12(18(11(4)5,15(23)24)16(25)26)9-17(10(2)3,13(19)20)14(21)22/h10-12H,6-9H2,1-5H3,(H,19,20)(H,21,22)(H,23,24)(H,25,26). The molecule has 0 aromatic heterocycles. The zero-order chi connectivity index (χ0) is 20.9. The Bertz CT molecular complexity index is 521. The van der Waals surface area contributed by atoms with Crippen LogP contribution in [-0.4, -0.2) is 44.3 Å². The van der Waals surface area contributed by atoms with E-state index in [1.807, 2.05) is 6.92 Å². The van der Waals surface area contributed by atoms with Crippen molar-refractivity contribution in [2.45, 2.75) is 60.3 Å². The Hall–Kier alpha value is -2.12. The summed E-state index contributed by atoms with van der Waals surface area (Å²) < 4.78 is 0. The third kappa shape index (κ3) is 3.99. The van der Waals surface area contributed by atoms with Crippen LogP contribution in [0.1, 0.15) is 60.3 Å². The summed E-state index contributed by atoms with van der Waals surface area (Å²) in [7, 11) is 0. The highest BCUT2D eigenvalue weighted by atomic mass is 16.4. The summed E-state index contributed by atoms with van der Waals surface area (Å²) in [5.41, 5.74) is -4.52. The first kappa shape index (κ1) is 23.9. The summed E-state index contributed by atoms with van der Waals surface area (Å²) in [6.45, 7) is 7.58. The molecule has 150 valence electrons. The summed E-state index contributed by atoms with van der Waals surface area (Å²) in [6, 6.07) is 0. The van der Waals surface area contributed by atoms with Crippen molar-refractivity contribution in [1.29, 1.82) is 0 Å². The van der Waals surface area contributed by atoms with Crippen LogP contribution in [0.5, 0.6) is 0 Å². The largest absolute Gasteiger partial charge is 0.480 e. The predicted molar refractivity (Wildman–Crippen MR) is 92.7 cm³/mol. The van der Waals surface area contributed by atoms with E-state index in [4.69, 9.17) is 0 Å². The molecule has 4 N–H and O–H groups in total. The lowest BCUT2D eigenvalue weighted by Crippen LogP contribution is -2.54. The van der Waals surface area contributed by atoms with Gasteiger partial charge in [0.1, 0.15) is 0 Å². The Balaban J connectivity index is 6.56. The maximum atomic E-state index is 12.0. The van der Waals surface area contributed by atoms with Crippen molar-refractivity contribution in [2.24, 2.45) is 28.6 Å². The van der Waals surface area contributed by atoms with E-state index in [1.54, 1.807) is 0 Å². The molecule has 0 aromatic rings. The third-order valence-electron chi connectivity index (χ3n) is 5.49. The van der Waals surface area contributed by atoms with E-state index in [-0.39, 0.29) is 6.42 Å². The zero-order valence-corrected chi connectivity index (χ0v) is 16.0. The second-order valence-corrected chi connectivity index (χ2v) is 7.41. The van der Waals surface area contributed by atoms with Crippen molar-refractivity contribution in [3.8, 4) is 0 Å². The molecule has 0 spiro atoms. The Morgan fingerprint density at radius 2 is 1.19 bits per heavy atom. The molecule has 0 rings (SSSR count). The van der Waals surface area contributed by atoms with Crippen LogP contribution in [0.4, 0.5) is 0 Å². The van der Waals surface area contributed by atoms with E-state index in [0.29, 0.717) is 12.8 Å². The molecule has 1 unspecified atom stereocenters. The Labute approximate surface area is 153 Å². The lowest BCUT2D eigenvalue weighted by Gasteiger charge is -2.41. The van der Waals surface area contributed by atoms with E-state index in [2.05, 4.69) is 0 Å². The van der Waals surface area contributed by atoms with Crippen molar-refractivity contribution in [2.75, 3.05) is 0 Å². The lowest BCUT2D eigenvalue weighted by atomic mass is 9.59. The van der Waals surface area contributed by atoms with Gasteiger partial charge < -0.3 is 20.4 Å². The molecule has 0 saturated carbocycles. The molecule has 0 fully saturated rings. The number of carboxylic acid groups (broad SMARTS) is 4. The maximum absolute atomic E-state index is 12.0. The topological polar surface area (TPSA) is 149 Å². The molecule has 0 aliphatic heterocycles. The van der Waals surface area contributed by atoms with Gasteiger partial charge in [0, 0.05) is 0 Å². The van der Waals surface area contributed by atoms with Gasteiger partial charge in [0.15, 0.2) is 10.8 Å². The molecule has 8 heteroatoms. The van der Waals surface area contributed by atoms with Gasteiger partial charge in [0.05, 0.1) is 0 Å². The van der Waals surface area contributed by atoms with E-state index in [0.717, 1.165) is 0 Å². The van der Waals surface area contributed by atoms with E-state index in [1.165, 1.54) is 27.7 Å². The zero-order valence-electron chi connectivity index (χ0n) is 16.0. The molecule has 0 aliphatic rings. The number of rotatable bonds is 12. The molecule has 8 nitrogen and oxygen atoms in total. The van der Waals surface area contributed by atoms with Crippen molar-refractivity contribution in [1.82, 2.24) is 0 Å². The molecule has 0 heterocycles. The minimum absolute atomic E-state index is 0.113. The quantitative estimate of drug-likeness (QED) is 0.381. The fraction of sp³-hybridized carbons (Fsp3) is 0.778. The van der Waals surface area contributed by atoms with Gasteiger partial charge in [0.25, 0.3) is 0 Å². The summed E-state index contributed by atoms with van der Waals surface area (Å²) in [5, 5.41) is 38.8. The Kier molecular flexibility index (Phi) is 8.27. The molecular formula is C18H30O8. The minimum Gasteiger partial charge on any atom is -0.480 e. The normalized spacial score (nSPS) is 13.7. The van der Waals surface area contributed by atoms with Crippen LogP contribution >= 0.6 is 0 Å². The number of carboxylic acids is 4. The van der Waals surface area contributed by atoms with Crippen LogP contribution in [-0.2, 0) is 19.2 Å². The second-order valence-electron chi connectivity index (χ2n) is 7.41. The highest BCUT2D eigenvalue weighted by molar-refractivity contribution is 6.01. The van der Waals surface area contributed by atoms with Gasteiger partial charge >= 0.3 is 23.9 Å². The highest BCUT2D eigenvalue weighted by Crippen LogP contribution is 2.48. The Morgan fingerprint density at radius 3 is 1.42 bits per heavy atom. The number of carbonyl (C=O) groups is 4. The molecule has 0 aromatic carbocycles. The Morgan fingerprint density at radius 1 is 0.769 bits per heavy atom. The van der Waals surface area contributed by atoms with Crippen LogP contribution < -0.4 is 0 Å². The lowest BCUT2D eigenvalue weighted by molar-refractivity contribution is -0.183. The predicted octanol–water partition coefficient (Wildman–Crippen LogP) is 2.81. The number of hydrogen-bond donors (Lipinski definition) is 4. The van der Waals surface area contributed by atoms with Gasteiger partial charge in [-0.1, -0.05) is 47.5 Å². The summed E-state index contributed by atoms with van der Waals surface area (Å²) in [5.74, 6) is -9.18. The summed E-state index contributed by atoms with van der Waals surface area (Å²) >= 11 is 0. The molecular weight excluding hydrogens is 344 g/mol. The van der Waals surface area contributed by atoms with Crippen LogP contribution in [0.15, 0.2) is 0 Å². The molecule has 0 saturated heterocycles. The number of unbranched alkanes of at least 4 members (excludes halogenated alkanes) is 1. The molecule has 0 aliphatic carbocycles. The summed E-state index contributed by atoms with van der Waals surface area (Å²) in [6.07, 6.45) is 0.653. The first-order chi connectivity index (χ1) is 11.8. The van der Waals surface area contributed by atoms with Crippen LogP contribution in [0, 0.1) is 28.6 Å². The van der Waals surface area contributed by atoms with Gasteiger partial charge in [-0.05, 0) is 30.6 Å². The van der Waals surface area contributed by atoms with Crippen LogP contribution in [0.2, 0.25) is 0 Å². The van der Waals surface area contributed by atoms with Crippen molar-refractivity contribution in [3.63, 3.8) is 0 Å². The fourth-order valence-corrected chi connectivity index (χ4v) is 3.73. The summed E-state index contributed by atoms with van der Waals surface area (Å²) in [4.78, 5) is 47.8. The molecule has 0 bridgehead atoms. The molecule has 0 amide bonds.